The molecule has 0 saturated heterocycles. The number of hydrogen-bond acceptors (Lipinski definition) is 5. The summed E-state index contributed by atoms with van der Waals surface area (Å²) in [6.07, 6.45) is -1.05. The van der Waals surface area contributed by atoms with Gasteiger partial charge in [-0.1, -0.05) is 12.1 Å². The number of anilines is 1. The van der Waals surface area contributed by atoms with E-state index >= 15 is 0 Å². The quantitative estimate of drug-likeness (QED) is 0.872. The Kier molecular flexibility index (Phi) is 4.76. The lowest BCUT2D eigenvalue weighted by Gasteiger charge is -2.28. The Morgan fingerprint density at radius 1 is 1.30 bits per heavy atom. The van der Waals surface area contributed by atoms with E-state index in [1.165, 1.54) is 5.01 Å². The summed E-state index contributed by atoms with van der Waals surface area (Å²) in [6, 6.07) is 10.9. The number of aryl methyl sites for hydroxylation is 1. The van der Waals surface area contributed by atoms with Crippen molar-refractivity contribution < 1.29 is 9.90 Å². The smallest absolute Gasteiger partial charge is 0.426 e. The fourth-order valence-electron chi connectivity index (χ4n) is 2.22. The fraction of sp³-hybridized carbons (Fsp3) is 0.250. The van der Waals surface area contributed by atoms with Gasteiger partial charge in [-0.15, -0.1) is 10.2 Å². The molecule has 0 saturated carbocycles. The van der Waals surface area contributed by atoms with E-state index in [1.807, 2.05) is 19.1 Å². The highest BCUT2D eigenvalue weighted by atomic mass is 16.4. The Balaban J connectivity index is 2.33. The molecule has 1 aromatic heterocycles. The van der Waals surface area contributed by atoms with E-state index < -0.39 is 6.09 Å². The summed E-state index contributed by atoms with van der Waals surface area (Å²) in [5, 5.41) is 28.9. The first kappa shape index (κ1) is 16.2. The molecular weight excluding hydrogens is 294 g/mol. The predicted molar refractivity (Wildman–Crippen MR) is 85.7 cm³/mol. The lowest BCUT2D eigenvalue weighted by atomic mass is 10.1. The van der Waals surface area contributed by atoms with Crippen LogP contribution in [0.15, 0.2) is 30.3 Å². The third kappa shape index (κ3) is 3.37. The van der Waals surface area contributed by atoms with Crippen molar-refractivity contribution in [2.75, 3.05) is 18.6 Å². The van der Waals surface area contributed by atoms with E-state index in [1.54, 1.807) is 32.2 Å². The number of amides is 1. The number of hydrazine groups is 1. The van der Waals surface area contributed by atoms with Gasteiger partial charge in [-0.2, -0.15) is 5.26 Å². The molecule has 0 aliphatic heterocycles. The van der Waals surface area contributed by atoms with Crippen molar-refractivity contribution in [3.05, 3.63) is 41.5 Å². The average molecular weight is 311 g/mol. The van der Waals surface area contributed by atoms with Crippen LogP contribution in [0.1, 0.15) is 18.1 Å². The zero-order valence-corrected chi connectivity index (χ0v) is 13.2. The number of carbonyl (C=O) groups is 1. The second-order valence-corrected chi connectivity index (χ2v) is 4.95. The van der Waals surface area contributed by atoms with Crippen molar-refractivity contribution in [3.63, 3.8) is 0 Å². The van der Waals surface area contributed by atoms with Gasteiger partial charge in [-0.05, 0) is 37.6 Å². The first-order valence-electron chi connectivity index (χ1n) is 7.07. The number of rotatable bonds is 4. The number of carboxylic acid groups (broad SMARTS) is 1. The van der Waals surface area contributed by atoms with E-state index in [0.29, 0.717) is 23.6 Å². The second-order valence-electron chi connectivity index (χ2n) is 4.95. The summed E-state index contributed by atoms with van der Waals surface area (Å²) < 4.78 is 0. The minimum Gasteiger partial charge on any atom is -0.464 e. The van der Waals surface area contributed by atoms with Crippen LogP contribution in [0.5, 0.6) is 0 Å². The Hall–Kier alpha value is -3.14. The summed E-state index contributed by atoms with van der Waals surface area (Å²) in [4.78, 5) is 11.2. The second kappa shape index (κ2) is 6.75. The standard InChI is InChI=1S/C16H17N5O2/c1-4-21(16(22)23)20(3)14-9-11(2)15(19-18-14)13-7-5-12(10-17)6-8-13/h5-9H,4H2,1-3H3,(H,22,23). The average Bonchev–Trinajstić information content (AvgIpc) is 2.55. The number of hydrogen-bond donors (Lipinski definition) is 1. The SMILES string of the molecule is CCN(C(=O)O)N(C)c1cc(C)c(-c2ccc(C#N)cc2)nn1. The molecule has 0 unspecified atom stereocenters. The van der Waals surface area contributed by atoms with Gasteiger partial charge in [0.15, 0.2) is 5.82 Å². The minimum absolute atomic E-state index is 0.309. The molecule has 0 aliphatic carbocycles. The Morgan fingerprint density at radius 3 is 2.43 bits per heavy atom. The summed E-state index contributed by atoms with van der Waals surface area (Å²) in [7, 11) is 1.63. The maximum atomic E-state index is 11.2. The van der Waals surface area contributed by atoms with Crippen molar-refractivity contribution in [2.24, 2.45) is 0 Å². The van der Waals surface area contributed by atoms with E-state index in [-0.39, 0.29) is 0 Å². The van der Waals surface area contributed by atoms with Gasteiger partial charge in [0.2, 0.25) is 0 Å². The molecule has 0 spiro atoms. The van der Waals surface area contributed by atoms with E-state index in [4.69, 9.17) is 10.4 Å². The lowest BCUT2D eigenvalue weighted by Crippen LogP contribution is -2.44. The number of aromatic nitrogens is 2. The molecule has 1 heterocycles. The van der Waals surface area contributed by atoms with Crippen LogP contribution in [0.2, 0.25) is 0 Å². The van der Waals surface area contributed by atoms with E-state index in [0.717, 1.165) is 16.1 Å². The van der Waals surface area contributed by atoms with Gasteiger partial charge in [0.05, 0.1) is 17.3 Å². The fourth-order valence-corrected chi connectivity index (χ4v) is 2.22. The molecule has 7 heteroatoms. The molecule has 0 bridgehead atoms. The maximum absolute atomic E-state index is 11.2. The normalized spacial score (nSPS) is 10.0. The zero-order valence-electron chi connectivity index (χ0n) is 13.2. The van der Waals surface area contributed by atoms with Crippen molar-refractivity contribution in [1.82, 2.24) is 15.2 Å². The zero-order chi connectivity index (χ0) is 17.0. The molecule has 2 rings (SSSR count). The third-order valence-corrected chi connectivity index (χ3v) is 3.47. The molecule has 1 aromatic carbocycles. The molecule has 0 aliphatic rings. The molecule has 0 fully saturated rings. The monoisotopic (exact) mass is 311 g/mol. The molecule has 0 radical (unpaired) electrons. The summed E-state index contributed by atoms with van der Waals surface area (Å²) in [5.41, 5.74) is 3.00. The summed E-state index contributed by atoms with van der Waals surface area (Å²) in [6.45, 7) is 3.94. The van der Waals surface area contributed by atoms with Gasteiger partial charge < -0.3 is 5.11 Å². The van der Waals surface area contributed by atoms with Gasteiger partial charge in [0, 0.05) is 19.2 Å². The molecule has 7 nitrogen and oxygen atoms in total. The largest absolute Gasteiger partial charge is 0.464 e. The van der Waals surface area contributed by atoms with Crippen LogP contribution in [-0.2, 0) is 0 Å². The van der Waals surface area contributed by atoms with Crippen LogP contribution >= 0.6 is 0 Å². The van der Waals surface area contributed by atoms with Crippen molar-refractivity contribution in [2.45, 2.75) is 13.8 Å². The van der Waals surface area contributed by atoms with E-state index in [9.17, 15) is 4.79 Å². The summed E-state index contributed by atoms with van der Waals surface area (Å²) >= 11 is 0. The first-order valence-corrected chi connectivity index (χ1v) is 7.07. The molecule has 0 atom stereocenters. The highest BCUT2D eigenvalue weighted by Gasteiger charge is 2.18. The molecule has 2 aromatic rings. The van der Waals surface area contributed by atoms with Crippen LogP contribution < -0.4 is 5.01 Å². The first-order chi connectivity index (χ1) is 11.0. The van der Waals surface area contributed by atoms with Gasteiger partial charge in [0.1, 0.15) is 0 Å². The van der Waals surface area contributed by atoms with Crippen LogP contribution in [0.25, 0.3) is 11.3 Å². The third-order valence-electron chi connectivity index (χ3n) is 3.47. The molecule has 1 N–H and O–H groups in total. The van der Waals surface area contributed by atoms with Crippen LogP contribution in [0.3, 0.4) is 0 Å². The van der Waals surface area contributed by atoms with Crippen molar-refractivity contribution in [3.8, 4) is 17.3 Å². The van der Waals surface area contributed by atoms with Crippen LogP contribution in [0.4, 0.5) is 10.6 Å². The molecular formula is C16H17N5O2. The maximum Gasteiger partial charge on any atom is 0.426 e. The Bertz CT molecular complexity index is 752. The number of nitriles is 1. The molecule has 118 valence electrons. The van der Waals surface area contributed by atoms with Gasteiger partial charge >= 0.3 is 6.09 Å². The number of nitrogens with zero attached hydrogens (tertiary/aromatic N) is 5. The highest BCUT2D eigenvalue weighted by molar-refractivity contribution is 5.68. The lowest BCUT2D eigenvalue weighted by molar-refractivity contribution is 0.145. The van der Waals surface area contributed by atoms with Crippen molar-refractivity contribution >= 4 is 11.9 Å². The Labute approximate surface area is 134 Å². The van der Waals surface area contributed by atoms with E-state index in [2.05, 4.69) is 16.3 Å². The van der Waals surface area contributed by atoms with Crippen LogP contribution in [0, 0.1) is 18.3 Å². The highest BCUT2D eigenvalue weighted by Crippen LogP contribution is 2.23. The molecule has 1 amide bonds. The summed E-state index contributed by atoms with van der Waals surface area (Å²) in [5.74, 6) is 0.448. The van der Waals surface area contributed by atoms with Crippen LogP contribution in [-0.4, -0.2) is 40.0 Å². The molecule has 23 heavy (non-hydrogen) atoms. The predicted octanol–water partition coefficient (Wildman–Crippen LogP) is 2.67. The van der Waals surface area contributed by atoms with Gasteiger partial charge in [-0.25, -0.2) is 9.80 Å². The number of benzene rings is 1. The Morgan fingerprint density at radius 2 is 1.96 bits per heavy atom. The van der Waals surface area contributed by atoms with Gasteiger partial charge in [-0.3, -0.25) is 5.01 Å². The minimum atomic E-state index is -1.05. The van der Waals surface area contributed by atoms with Crippen molar-refractivity contribution in [1.29, 1.82) is 5.26 Å². The van der Waals surface area contributed by atoms with Gasteiger partial charge in [0.25, 0.3) is 0 Å². The topological polar surface area (TPSA) is 93.4 Å².